The van der Waals surface area contributed by atoms with Crippen molar-refractivity contribution in [1.29, 1.82) is 0 Å². The number of carbonyl (C=O) groups excluding carboxylic acids is 3. The van der Waals surface area contributed by atoms with Gasteiger partial charge < -0.3 is 14.2 Å². The summed E-state index contributed by atoms with van der Waals surface area (Å²) >= 11 is 0. The Bertz CT molecular complexity index is 1110. The van der Waals surface area contributed by atoms with Crippen LogP contribution in [0.4, 0.5) is 0 Å². The zero-order valence-corrected chi connectivity index (χ0v) is 46.6. The molecule has 0 aliphatic carbocycles. The Labute approximate surface area is 430 Å². The first-order chi connectivity index (χ1) is 34.0. The molecule has 0 spiro atoms. The maximum Gasteiger partial charge on any atom is 0.306 e. The molecule has 0 aromatic carbocycles. The summed E-state index contributed by atoms with van der Waals surface area (Å²) in [6, 6.07) is 0. The maximum absolute atomic E-state index is 12.8. The standard InChI is InChI=1S/C63H118O6/c1-4-7-10-13-16-19-22-24-26-28-29-30-31-32-33-34-35-36-38-39-41-44-47-50-53-56-62(65)68-59-60(58-67-61(64)55-52-49-46-43-21-18-15-12-9-6-3)69-63(66)57-54-51-48-45-42-40-37-27-25-23-20-17-14-11-8-5-2/h20,23,27,37,60H,4-19,21-22,24-26,28-36,38-59H2,1-3H3/b23-20-,37-27-. The fourth-order valence-corrected chi connectivity index (χ4v) is 9.30. The van der Waals surface area contributed by atoms with Gasteiger partial charge in [-0.3, -0.25) is 14.4 Å². The lowest BCUT2D eigenvalue weighted by molar-refractivity contribution is -0.167. The summed E-state index contributed by atoms with van der Waals surface area (Å²) in [5, 5.41) is 0. The molecule has 0 aliphatic rings. The molecule has 0 heterocycles. The summed E-state index contributed by atoms with van der Waals surface area (Å²) in [5.41, 5.74) is 0. The number of rotatable bonds is 57. The minimum atomic E-state index is -0.773. The van der Waals surface area contributed by atoms with Gasteiger partial charge in [-0.1, -0.05) is 295 Å². The molecule has 1 atom stereocenters. The second-order valence-electron chi connectivity index (χ2n) is 21.0. The van der Waals surface area contributed by atoms with Gasteiger partial charge in [0.05, 0.1) is 0 Å². The third-order valence-corrected chi connectivity index (χ3v) is 14.0. The Kier molecular flexibility index (Phi) is 56.7. The fraction of sp³-hybridized carbons (Fsp3) is 0.889. The normalized spacial score (nSPS) is 12.1. The Morgan fingerprint density at radius 3 is 0.812 bits per heavy atom. The number of ether oxygens (including phenoxy) is 3. The van der Waals surface area contributed by atoms with Crippen molar-refractivity contribution < 1.29 is 28.6 Å². The molecule has 0 radical (unpaired) electrons. The summed E-state index contributed by atoms with van der Waals surface area (Å²) in [5.74, 6) is -0.865. The van der Waals surface area contributed by atoms with Crippen LogP contribution in [-0.4, -0.2) is 37.2 Å². The van der Waals surface area contributed by atoms with Crippen LogP contribution in [0.3, 0.4) is 0 Å². The molecule has 0 N–H and O–H groups in total. The molecule has 0 saturated carbocycles. The SMILES string of the molecule is CCCCCC/C=C\C/C=C\CCCCCCCC(=O)OC(COC(=O)CCCCCCCCCCCC)COC(=O)CCCCCCCCCCCCCCCCCCCCCCCCCCC. The summed E-state index contributed by atoms with van der Waals surface area (Å²) < 4.78 is 16.9. The van der Waals surface area contributed by atoms with E-state index in [1.165, 1.54) is 225 Å². The van der Waals surface area contributed by atoms with E-state index < -0.39 is 6.10 Å². The highest BCUT2D eigenvalue weighted by molar-refractivity contribution is 5.71. The molecular formula is C63H118O6. The highest BCUT2D eigenvalue weighted by Crippen LogP contribution is 2.18. The second kappa shape index (κ2) is 58.5. The van der Waals surface area contributed by atoms with Crippen molar-refractivity contribution in [2.75, 3.05) is 13.2 Å². The molecule has 1 unspecified atom stereocenters. The molecule has 0 fully saturated rings. The lowest BCUT2D eigenvalue weighted by atomic mass is 10.0. The van der Waals surface area contributed by atoms with Crippen molar-refractivity contribution in [3.63, 3.8) is 0 Å². The molecule has 406 valence electrons. The van der Waals surface area contributed by atoms with Gasteiger partial charge in [-0.25, -0.2) is 0 Å². The number of carbonyl (C=O) groups is 3. The first-order valence-corrected chi connectivity index (χ1v) is 30.8. The molecule has 69 heavy (non-hydrogen) atoms. The van der Waals surface area contributed by atoms with Crippen LogP contribution in [0.2, 0.25) is 0 Å². The van der Waals surface area contributed by atoms with Crippen molar-refractivity contribution >= 4 is 17.9 Å². The van der Waals surface area contributed by atoms with E-state index in [2.05, 4.69) is 45.1 Å². The molecule has 0 rings (SSSR count). The topological polar surface area (TPSA) is 78.9 Å². The van der Waals surface area contributed by atoms with E-state index in [1.54, 1.807) is 0 Å². The lowest BCUT2D eigenvalue weighted by Crippen LogP contribution is -2.30. The monoisotopic (exact) mass is 971 g/mol. The Balaban J connectivity index is 4.17. The van der Waals surface area contributed by atoms with Gasteiger partial charge in [-0.15, -0.1) is 0 Å². The van der Waals surface area contributed by atoms with Gasteiger partial charge >= 0.3 is 17.9 Å². The smallest absolute Gasteiger partial charge is 0.306 e. The Morgan fingerprint density at radius 1 is 0.290 bits per heavy atom. The second-order valence-corrected chi connectivity index (χ2v) is 21.0. The highest BCUT2D eigenvalue weighted by Gasteiger charge is 2.19. The predicted octanol–water partition coefficient (Wildman–Crippen LogP) is 20.7. The molecule has 6 heteroatoms. The van der Waals surface area contributed by atoms with Crippen molar-refractivity contribution in [3.05, 3.63) is 24.3 Å². The average Bonchev–Trinajstić information content (AvgIpc) is 3.35. The third kappa shape index (κ3) is 56.7. The minimum absolute atomic E-state index is 0.0716. The van der Waals surface area contributed by atoms with Gasteiger partial charge in [0.25, 0.3) is 0 Å². The van der Waals surface area contributed by atoms with E-state index in [0.717, 1.165) is 77.0 Å². The van der Waals surface area contributed by atoms with Gasteiger partial charge in [0.2, 0.25) is 0 Å². The number of esters is 3. The summed E-state index contributed by atoms with van der Waals surface area (Å²) in [6.07, 6.45) is 69.1. The summed E-state index contributed by atoms with van der Waals surface area (Å²) in [6.45, 7) is 6.65. The first kappa shape index (κ1) is 66.9. The van der Waals surface area contributed by atoms with E-state index in [9.17, 15) is 14.4 Å². The molecule has 0 bridgehead atoms. The number of allylic oxidation sites excluding steroid dienone is 4. The van der Waals surface area contributed by atoms with E-state index in [0.29, 0.717) is 19.3 Å². The van der Waals surface area contributed by atoms with Crippen molar-refractivity contribution in [2.24, 2.45) is 0 Å². The molecule has 0 aromatic heterocycles. The van der Waals surface area contributed by atoms with Crippen LogP contribution in [0.15, 0.2) is 24.3 Å². The Hall–Kier alpha value is -2.11. The van der Waals surface area contributed by atoms with Crippen LogP contribution in [0, 0.1) is 0 Å². The zero-order valence-electron chi connectivity index (χ0n) is 46.6. The van der Waals surface area contributed by atoms with E-state index in [4.69, 9.17) is 14.2 Å². The number of hydrogen-bond donors (Lipinski definition) is 0. The number of unbranched alkanes of at least 4 members (excludes halogenated alkanes) is 42. The van der Waals surface area contributed by atoms with Crippen molar-refractivity contribution in [3.8, 4) is 0 Å². The highest BCUT2D eigenvalue weighted by atomic mass is 16.6. The molecule has 0 aliphatic heterocycles. The molecule has 0 saturated heterocycles. The van der Waals surface area contributed by atoms with E-state index in [-0.39, 0.29) is 31.1 Å². The summed E-state index contributed by atoms with van der Waals surface area (Å²) in [4.78, 5) is 38.1. The largest absolute Gasteiger partial charge is 0.462 e. The average molecular weight is 972 g/mol. The van der Waals surface area contributed by atoms with E-state index >= 15 is 0 Å². The van der Waals surface area contributed by atoms with Gasteiger partial charge in [-0.2, -0.15) is 0 Å². The first-order valence-electron chi connectivity index (χ1n) is 30.8. The number of hydrogen-bond acceptors (Lipinski definition) is 6. The predicted molar refractivity (Wildman–Crippen MR) is 298 cm³/mol. The molecule has 0 amide bonds. The van der Waals surface area contributed by atoms with E-state index in [1.807, 2.05) is 0 Å². The molecular weight excluding hydrogens is 853 g/mol. The van der Waals surface area contributed by atoms with Gasteiger partial charge in [0.1, 0.15) is 13.2 Å². The molecule has 0 aromatic rings. The maximum atomic E-state index is 12.8. The van der Waals surface area contributed by atoms with Crippen LogP contribution in [0.25, 0.3) is 0 Å². The van der Waals surface area contributed by atoms with Gasteiger partial charge in [-0.05, 0) is 51.4 Å². The minimum Gasteiger partial charge on any atom is -0.462 e. The summed E-state index contributed by atoms with van der Waals surface area (Å²) in [7, 11) is 0. The van der Waals surface area contributed by atoms with Gasteiger partial charge in [0, 0.05) is 19.3 Å². The van der Waals surface area contributed by atoms with Crippen LogP contribution >= 0.6 is 0 Å². The fourth-order valence-electron chi connectivity index (χ4n) is 9.30. The van der Waals surface area contributed by atoms with Crippen LogP contribution in [-0.2, 0) is 28.6 Å². The van der Waals surface area contributed by atoms with Crippen LogP contribution in [0.5, 0.6) is 0 Å². The van der Waals surface area contributed by atoms with Crippen LogP contribution < -0.4 is 0 Å². The molecule has 6 nitrogen and oxygen atoms in total. The van der Waals surface area contributed by atoms with Crippen molar-refractivity contribution in [2.45, 2.75) is 348 Å². The van der Waals surface area contributed by atoms with Gasteiger partial charge in [0.15, 0.2) is 6.10 Å². The Morgan fingerprint density at radius 2 is 0.522 bits per heavy atom. The lowest BCUT2D eigenvalue weighted by Gasteiger charge is -2.18. The third-order valence-electron chi connectivity index (χ3n) is 14.0. The zero-order chi connectivity index (χ0) is 50.0. The quantitative estimate of drug-likeness (QED) is 0.0261. The van der Waals surface area contributed by atoms with Crippen LogP contribution in [0.1, 0.15) is 342 Å². The van der Waals surface area contributed by atoms with Crippen molar-refractivity contribution in [1.82, 2.24) is 0 Å².